The van der Waals surface area contributed by atoms with E-state index in [4.69, 9.17) is 4.74 Å². The largest absolute Gasteiger partial charge is 0.496 e. The van der Waals surface area contributed by atoms with Gasteiger partial charge in [0, 0.05) is 11.8 Å². The second-order valence-corrected chi connectivity index (χ2v) is 4.31. The number of nitrogens with zero attached hydrogens (tertiary/aromatic N) is 1. The minimum Gasteiger partial charge on any atom is -0.496 e. The van der Waals surface area contributed by atoms with Crippen molar-refractivity contribution in [2.75, 3.05) is 7.11 Å². The van der Waals surface area contributed by atoms with Crippen molar-refractivity contribution in [1.29, 1.82) is 0 Å². The Morgan fingerprint density at radius 3 is 2.75 bits per heavy atom. The number of hydrogen-bond acceptors (Lipinski definition) is 3. The fourth-order valence-corrected chi connectivity index (χ4v) is 2.02. The Bertz CT molecular complexity index is 830. The molecule has 3 rings (SSSR count). The van der Waals surface area contributed by atoms with Crippen LogP contribution in [0.1, 0.15) is 5.56 Å². The van der Waals surface area contributed by atoms with Gasteiger partial charge in [0.2, 0.25) is 0 Å². The van der Waals surface area contributed by atoms with Gasteiger partial charge in [-0.1, -0.05) is 12.1 Å². The van der Waals surface area contributed by atoms with E-state index in [9.17, 15) is 4.79 Å². The summed E-state index contributed by atoms with van der Waals surface area (Å²) in [6, 6.07) is 13.1. The van der Waals surface area contributed by atoms with Crippen molar-refractivity contribution in [2.45, 2.75) is 0 Å². The zero-order valence-electron chi connectivity index (χ0n) is 10.9. The van der Waals surface area contributed by atoms with Crippen molar-refractivity contribution < 1.29 is 4.74 Å². The highest BCUT2D eigenvalue weighted by Crippen LogP contribution is 2.19. The highest BCUT2D eigenvalue weighted by Gasteiger charge is 2.00. The SMILES string of the molecule is COc1ccccc1C=Nc1ccc2[nH]c(=O)[nH]c2c1. The molecule has 100 valence electrons. The third kappa shape index (κ3) is 2.33. The van der Waals surface area contributed by atoms with Crippen LogP contribution in [0.3, 0.4) is 0 Å². The Morgan fingerprint density at radius 2 is 1.90 bits per heavy atom. The molecular weight excluding hydrogens is 254 g/mol. The lowest BCUT2D eigenvalue weighted by molar-refractivity contribution is 0.414. The summed E-state index contributed by atoms with van der Waals surface area (Å²) in [7, 11) is 1.63. The third-order valence-electron chi connectivity index (χ3n) is 2.99. The molecule has 1 aromatic heterocycles. The number of ether oxygens (including phenoxy) is 1. The topological polar surface area (TPSA) is 70.2 Å². The Labute approximate surface area is 114 Å². The van der Waals surface area contributed by atoms with E-state index in [0.29, 0.717) is 0 Å². The number of H-pyrrole nitrogens is 2. The quantitative estimate of drug-likeness (QED) is 0.716. The molecule has 0 fully saturated rings. The summed E-state index contributed by atoms with van der Waals surface area (Å²) in [5, 5.41) is 0. The minimum atomic E-state index is -0.217. The molecule has 0 saturated heterocycles. The average molecular weight is 267 g/mol. The molecule has 0 aliphatic rings. The highest BCUT2D eigenvalue weighted by molar-refractivity contribution is 5.86. The summed E-state index contributed by atoms with van der Waals surface area (Å²) in [6.45, 7) is 0. The number of hydrogen-bond donors (Lipinski definition) is 2. The van der Waals surface area contributed by atoms with Gasteiger partial charge in [0.1, 0.15) is 5.75 Å². The Balaban J connectivity index is 1.95. The van der Waals surface area contributed by atoms with E-state index >= 15 is 0 Å². The number of nitrogens with one attached hydrogen (secondary N) is 2. The zero-order chi connectivity index (χ0) is 13.9. The summed E-state index contributed by atoms with van der Waals surface area (Å²) in [6.07, 6.45) is 1.74. The van der Waals surface area contributed by atoms with Crippen molar-refractivity contribution in [3.63, 3.8) is 0 Å². The van der Waals surface area contributed by atoms with E-state index < -0.39 is 0 Å². The number of aromatic nitrogens is 2. The van der Waals surface area contributed by atoms with E-state index in [-0.39, 0.29) is 5.69 Å². The van der Waals surface area contributed by atoms with E-state index in [1.165, 1.54) is 0 Å². The number of imidazole rings is 1. The lowest BCUT2D eigenvalue weighted by Crippen LogP contribution is -1.99. The van der Waals surface area contributed by atoms with Gasteiger partial charge < -0.3 is 14.7 Å². The van der Waals surface area contributed by atoms with Gasteiger partial charge in [-0.15, -0.1) is 0 Å². The summed E-state index contributed by atoms with van der Waals surface area (Å²) < 4.78 is 5.26. The lowest BCUT2D eigenvalue weighted by Gasteiger charge is -2.02. The standard InChI is InChI=1S/C15H13N3O2/c1-20-14-5-3-2-4-10(14)9-16-11-6-7-12-13(8-11)18-15(19)17-12/h2-9H,1H3,(H2,17,18,19). The van der Waals surface area contributed by atoms with Crippen LogP contribution >= 0.6 is 0 Å². The fraction of sp³-hybridized carbons (Fsp3) is 0.0667. The van der Waals surface area contributed by atoms with Crippen molar-refractivity contribution >= 4 is 22.9 Å². The second kappa shape index (κ2) is 5.05. The number of fused-ring (bicyclic) bond motifs is 1. The van der Waals surface area contributed by atoms with Crippen LogP contribution < -0.4 is 10.4 Å². The molecule has 20 heavy (non-hydrogen) atoms. The van der Waals surface area contributed by atoms with E-state index in [1.807, 2.05) is 42.5 Å². The number of methoxy groups -OCH3 is 1. The van der Waals surface area contributed by atoms with Crippen LogP contribution in [0.15, 0.2) is 52.3 Å². The maximum atomic E-state index is 11.2. The van der Waals surface area contributed by atoms with Gasteiger partial charge in [-0.2, -0.15) is 0 Å². The molecule has 0 unspecified atom stereocenters. The number of aromatic amines is 2. The fourth-order valence-electron chi connectivity index (χ4n) is 2.02. The predicted octanol–water partition coefficient (Wildman–Crippen LogP) is 2.62. The molecule has 2 N–H and O–H groups in total. The van der Waals surface area contributed by atoms with Crippen molar-refractivity contribution in [3.05, 3.63) is 58.5 Å². The summed E-state index contributed by atoms with van der Waals surface area (Å²) in [4.78, 5) is 21.0. The van der Waals surface area contributed by atoms with Crippen LogP contribution in [0.25, 0.3) is 11.0 Å². The first-order chi connectivity index (χ1) is 9.76. The van der Waals surface area contributed by atoms with Crippen molar-refractivity contribution in [2.24, 2.45) is 4.99 Å². The maximum Gasteiger partial charge on any atom is 0.323 e. The van der Waals surface area contributed by atoms with Gasteiger partial charge in [-0.3, -0.25) is 4.99 Å². The third-order valence-corrected chi connectivity index (χ3v) is 2.99. The van der Waals surface area contributed by atoms with Crippen LogP contribution in [0.5, 0.6) is 5.75 Å². The molecule has 0 bridgehead atoms. The molecule has 1 heterocycles. The van der Waals surface area contributed by atoms with Gasteiger partial charge in [0.25, 0.3) is 0 Å². The minimum absolute atomic E-state index is 0.217. The molecular formula is C15H13N3O2. The molecule has 0 aliphatic heterocycles. The Kier molecular flexibility index (Phi) is 3.09. The Hall–Kier alpha value is -2.82. The maximum absolute atomic E-state index is 11.2. The molecule has 0 radical (unpaired) electrons. The Morgan fingerprint density at radius 1 is 1.10 bits per heavy atom. The van der Waals surface area contributed by atoms with E-state index in [1.54, 1.807) is 13.3 Å². The van der Waals surface area contributed by atoms with Crippen LogP contribution in [0.4, 0.5) is 5.69 Å². The number of rotatable bonds is 3. The van der Waals surface area contributed by atoms with Crippen molar-refractivity contribution in [3.8, 4) is 5.75 Å². The molecule has 0 amide bonds. The number of aliphatic imine (C=N–C) groups is 1. The average Bonchev–Trinajstić information content (AvgIpc) is 2.84. The molecule has 0 atom stereocenters. The highest BCUT2D eigenvalue weighted by atomic mass is 16.5. The van der Waals surface area contributed by atoms with Crippen LogP contribution in [-0.4, -0.2) is 23.3 Å². The first kappa shape index (κ1) is 12.2. The molecule has 2 aromatic carbocycles. The van der Waals surface area contributed by atoms with Gasteiger partial charge in [-0.25, -0.2) is 4.79 Å². The monoisotopic (exact) mass is 267 g/mol. The predicted molar refractivity (Wildman–Crippen MR) is 79.2 cm³/mol. The first-order valence-electron chi connectivity index (χ1n) is 6.15. The number of benzene rings is 2. The first-order valence-corrected chi connectivity index (χ1v) is 6.15. The molecule has 0 spiro atoms. The van der Waals surface area contributed by atoms with Crippen LogP contribution in [0.2, 0.25) is 0 Å². The second-order valence-electron chi connectivity index (χ2n) is 4.31. The smallest absolute Gasteiger partial charge is 0.323 e. The van der Waals surface area contributed by atoms with Gasteiger partial charge in [-0.05, 0) is 30.3 Å². The van der Waals surface area contributed by atoms with Crippen LogP contribution in [-0.2, 0) is 0 Å². The molecule has 0 aliphatic carbocycles. The van der Waals surface area contributed by atoms with E-state index in [0.717, 1.165) is 28.0 Å². The summed E-state index contributed by atoms with van der Waals surface area (Å²) in [5.41, 5.74) is 2.96. The lowest BCUT2D eigenvalue weighted by atomic mass is 10.2. The zero-order valence-corrected chi connectivity index (χ0v) is 10.9. The molecule has 3 aromatic rings. The molecule has 5 heteroatoms. The molecule has 0 saturated carbocycles. The number of para-hydroxylation sites is 1. The van der Waals surface area contributed by atoms with Gasteiger partial charge in [0.05, 0.1) is 23.8 Å². The molecule has 5 nitrogen and oxygen atoms in total. The van der Waals surface area contributed by atoms with Gasteiger partial charge >= 0.3 is 5.69 Å². The van der Waals surface area contributed by atoms with Crippen LogP contribution in [0, 0.1) is 0 Å². The van der Waals surface area contributed by atoms with Crippen molar-refractivity contribution in [1.82, 2.24) is 9.97 Å². The van der Waals surface area contributed by atoms with E-state index in [2.05, 4.69) is 15.0 Å². The van der Waals surface area contributed by atoms with Gasteiger partial charge in [0.15, 0.2) is 0 Å². The summed E-state index contributed by atoms with van der Waals surface area (Å²) >= 11 is 0. The summed E-state index contributed by atoms with van der Waals surface area (Å²) in [5.74, 6) is 0.771. The normalized spacial score (nSPS) is 11.2.